The second kappa shape index (κ2) is 7.40. The molecule has 1 N–H and O–H groups in total. The number of rotatable bonds is 4. The van der Waals surface area contributed by atoms with Crippen molar-refractivity contribution < 1.29 is 0 Å². The molecule has 2 saturated heterocycles. The summed E-state index contributed by atoms with van der Waals surface area (Å²) < 4.78 is 0. The summed E-state index contributed by atoms with van der Waals surface area (Å²) in [5.41, 5.74) is 6.12. The normalized spacial score (nSPS) is 24.9. The van der Waals surface area contributed by atoms with E-state index in [1.54, 1.807) is 0 Å². The van der Waals surface area contributed by atoms with Gasteiger partial charge in [0.1, 0.15) is 0 Å². The molecule has 5 nitrogen and oxygen atoms in total. The number of hydrogen-bond acceptors (Lipinski definition) is 4. The summed E-state index contributed by atoms with van der Waals surface area (Å²) >= 11 is 0. The number of aromatic nitrogens is 2. The van der Waals surface area contributed by atoms with Crippen molar-refractivity contribution in [3.8, 4) is 11.3 Å². The van der Waals surface area contributed by atoms with E-state index in [-0.39, 0.29) is 0 Å². The van der Waals surface area contributed by atoms with E-state index < -0.39 is 0 Å². The Bertz CT molecular complexity index is 1030. The molecule has 4 heterocycles. The van der Waals surface area contributed by atoms with E-state index in [0.29, 0.717) is 0 Å². The number of fused-ring (bicyclic) bond motifs is 3. The summed E-state index contributed by atoms with van der Waals surface area (Å²) in [5.74, 6) is 0.940. The lowest BCUT2D eigenvalue weighted by molar-refractivity contribution is 0.203. The van der Waals surface area contributed by atoms with Crippen molar-refractivity contribution in [2.24, 2.45) is 5.92 Å². The molecule has 0 radical (unpaired) electrons. The standard InChI is InChI=1S/C25H31N5/c1-28-10-12-29(13-11-28)21-6-3-19(4-7-21)25-23-15-20(27-24(23)8-9-26-25)17-30-16-18-2-5-22(30)14-18/h3-4,6-9,15,18,22,27H,2,5,10-14,16-17H2,1H3. The van der Waals surface area contributed by atoms with Crippen LogP contribution in [0.5, 0.6) is 0 Å². The van der Waals surface area contributed by atoms with Crippen LogP contribution >= 0.6 is 0 Å². The maximum atomic E-state index is 4.76. The zero-order chi connectivity index (χ0) is 20.1. The van der Waals surface area contributed by atoms with Crippen LogP contribution in [-0.2, 0) is 6.54 Å². The average molecular weight is 402 g/mol. The first-order valence-electron chi connectivity index (χ1n) is 11.5. The van der Waals surface area contributed by atoms with E-state index in [9.17, 15) is 0 Å². The van der Waals surface area contributed by atoms with Crippen LogP contribution in [0.1, 0.15) is 25.0 Å². The summed E-state index contributed by atoms with van der Waals surface area (Å²) in [4.78, 5) is 16.0. The predicted molar refractivity (Wildman–Crippen MR) is 123 cm³/mol. The van der Waals surface area contributed by atoms with Gasteiger partial charge in [-0.2, -0.15) is 0 Å². The summed E-state index contributed by atoms with van der Waals surface area (Å²) in [5, 5.41) is 1.24. The molecule has 0 amide bonds. The number of benzene rings is 1. The van der Waals surface area contributed by atoms with Crippen molar-refractivity contribution in [3.05, 3.63) is 48.3 Å². The molecule has 2 aliphatic heterocycles. The average Bonchev–Trinajstić information content (AvgIpc) is 3.49. The highest BCUT2D eigenvalue weighted by atomic mass is 15.2. The molecule has 3 fully saturated rings. The number of hydrogen-bond donors (Lipinski definition) is 1. The Morgan fingerprint density at radius 3 is 2.60 bits per heavy atom. The number of nitrogens with zero attached hydrogens (tertiary/aromatic N) is 4. The topological polar surface area (TPSA) is 38.4 Å². The smallest absolute Gasteiger partial charge is 0.0795 e. The first-order chi connectivity index (χ1) is 14.7. The van der Waals surface area contributed by atoms with E-state index in [1.165, 1.54) is 53.7 Å². The molecule has 6 rings (SSSR count). The van der Waals surface area contributed by atoms with Gasteiger partial charge in [0.25, 0.3) is 0 Å². The Hall–Kier alpha value is -2.37. The minimum absolute atomic E-state index is 0.807. The van der Waals surface area contributed by atoms with E-state index in [1.807, 2.05) is 6.20 Å². The SMILES string of the molecule is CN1CCN(c2ccc(-c3nccc4[nH]c(CN5CC6CCC5C6)cc34)cc2)CC1. The Morgan fingerprint density at radius 1 is 1.03 bits per heavy atom. The number of aromatic amines is 1. The van der Waals surface area contributed by atoms with Gasteiger partial charge in [-0.15, -0.1) is 0 Å². The molecule has 2 bridgehead atoms. The molecule has 5 heteroatoms. The summed E-state index contributed by atoms with van der Waals surface area (Å²) in [6.07, 6.45) is 6.17. The lowest BCUT2D eigenvalue weighted by Crippen LogP contribution is -2.44. The highest BCUT2D eigenvalue weighted by Crippen LogP contribution is 2.38. The van der Waals surface area contributed by atoms with Gasteiger partial charge in [0.05, 0.1) is 5.69 Å². The molecule has 0 spiro atoms. The van der Waals surface area contributed by atoms with E-state index in [4.69, 9.17) is 4.98 Å². The Morgan fingerprint density at radius 2 is 1.87 bits per heavy atom. The summed E-state index contributed by atoms with van der Waals surface area (Å²) in [6, 6.07) is 14.2. The minimum Gasteiger partial charge on any atom is -0.369 e. The van der Waals surface area contributed by atoms with Crippen LogP contribution in [0.2, 0.25) is 0 Å². The minimum atomic E-state index is 0.807. The molecule has 156 valence electrons. The number of pyridine rings is 1. The predicted octanol–water partition coefficient (Wildman–Crippen LogP) is 3.97. The fraction of sp³-hybridized carbons (Fsp3) is 0.480. The van der Waals surface area contributed by atoms with Crippen LogP contribution in [0.3, 0.4) is 0 Å². The first-order valence-corrected chi connectivity index (χ1v) is 11.5. The molecule has 3 aromatic rings. The van der Waals surface area contributed by atoms with Gasteiger partial charge in [0, 0.05) is 79.4 Å². The molecule has 2 aromatic heterocycles. The highest BCUT2D eigenvalue weighted by Gasteiger charge is 2.37. The zero-order valence-electron chi connectivity index (χ0n) is 17.8. The monoisotopic (exact) mass is 401 g/mol. The number of nitrogens with one attached hydrogen (secondary N) is 1. The zero-order valence-corrected chi connectivity index (χ0v) is 17.8. The maximum absolute atomic E-state index is 4.76. The van der Waals surface area contributed by atoms with Crippen LogP contribution in [0.15, 0.2) is 42.6 Å². The van der Waals surface area contributed by atoms with Gasteiger partial charge in [-0.3, -0.25) is 9.88 Å². The van der Waals surface area contributed by atoms with Gasteiger partial charge < -0.3 is 14.8 Å². The maximum Gasteiger partial charge on any atom is 0.0795 e. The highest BCUT2D eigenvalue weighted by molar-refractivity contribution is 5.93. The molecule has 3 aliphatic rings. The molecular formula is C25H31N5. The van der Waals surface area contributed by atoms with Crippen molar-refractivity contribution >= 4 is 16.6 Å². The molecule has 2 unspecified atom stereocenters. The van der Waals surface area contributed by atoms with Crippen molar-refractivity contribution in [3.63, 3.8) is 0 Å². The lowest BCUT2D eigenvalue weighted by Gasteiger charge is -2.34. The first kappa shape index (κ1) is 18.4. The van der Waals surface area contributed by atoms with Crippen LogP contribution in [0.25, 0.3) is 22.2 Å². The van der Waals surface area contributed by atoms with Gasteiger partial charge in [-0.05, 0) is 56.5 Å². The molecule has 1 aromatic carbocycles. The Labute approximate surface area is 178 Å². The lowest BCUT2D eigenvalue weighted by atomic mass is 10.1. The third-order valence-corrected chi connectivity index (χ3v) is 7.51. The van der Waals surface area contributed by atoms with Crippen molar-refractivity contribution in [2.45, 2.75) is 31.8 Å². The Balaban J connectivity index is 1.24. The van der Waals surface area contributed by atoms with Crippen LogP contribution in [0, 0.1) is 5.92 Å². The number of H-pyrrole nitrogens is 1. The van der Waals surface area contributed by atoms with E-state index >= 15 is 0 Å². The van der Waals surface area contributed by atoms with Crippen LogP contribution in [0.4, 0.5) is 5.69 Å². The number of likely N-dealkylation sites (N-methyl/N-ethyl adjacent to an activating group) is 1. The quantitative estimate of drug-likeness (QED) is 0.718. The summed E-state index contributed by atoms with van der Waals surface area (Å²) in [7, 11) is 2.20. The molecule has 1 aliphatic carbocycles. The third kappa shape index (κ3) is 3.30. The van der Waals surface area contributed by atoms with Gasteiger partial charge in [0.2, 0.25) is 0 Å². The molecule has 2 atom stereocenters. The van der Waals surface area contributed by atoms with Crippen molar-refractivity contribution in [1.29, 1.82) is 0 Å². The van der Waals surface area contributed by atoms with Gasteiger partial charge in [0.15, 0.2) is 0 Å². The second-order valence-electron chi connectivity index (χ2n) is 9.51. The van der Waals surface area contributed by atoms with Gasteiger partial charge in [-0.25, -0.2) is 0 Å². The largest absolute Gasteiger partial charge is 0.369 e. The van der Waals surface area contributed by atoms with Gasteiger partial charge >= 0.3 is 0 Å². The van der Waals surface area contributed by atoms with E-state index in [2.05, 4.69) is 63.1 Å². The molecule has 30 heavy (non-hydrogen) atoms. The second-order valence-corrected chi connectivity index (χ2v) is 9.51. The van der Waals surface area contributed by atoms with Gasteiger partial charge in [-0.1, -0.05) is 12.1 Å². The fourth-order valence-electron chi connectivity index (χ4n) is 5.76. The number of likely N-dealkylation sites (tertiary alicyclic amines) is 1. The van der Waals surface area contributed by atoms with Crippen LogP contribution in [-0.4, -0.2) is 65.6 Å². The number of anilines is 1. The number of piperidine rings is 1. The fourth-order valence-corrected chi connectivity index (χ4v) is 5.76. The number of piperazine rings is 1. The summed E-state index contributed by atoms with van der Waals surface area (Å²) in [6.45, 7) is 6.78. The van der Waals surface area contributed by atoms with Crippen LogP contribution < -0.4 is 4.90 Å². The van der Waals surface area contributed by atoms with E-state index in [0.717, 1.165) is 50.4 Å². The molecular weight excluding hydrogens is 370 g/mol. The Kier molecular flexibility index (Phi) is 4.54. The third-order valence-electron chi connectivity index (χ3n) is 7.51. The van der Waals surface area contributed by atoms with Crippen molar-refractivity contribution in [1.82, 2.24) is 19.8 Å². The van der Waals surface area contributed by atoms with Crippen molar-refractivity contribution in [2.75, 3.05) is 44.7 Å². The molecule has 1 saturated carbocycles.